The van der Waals surface area contributed by atoms with Crippen LogP contribution in [0.5, 0.6) is 0 Å². The zero-order chi connectivity index (χ0) is 13.5. The lowest BCUT2D eigenvalue weighted by Gasteiger charge is -2.24. The summed E-state index contributed by atoms with van der Waals surface area (Å²) in [4.78, 5) is 11.8. The number of carbonyl (C=O) groups excluding carboxylic acids is 1. The van der Waals surface area contributed by atoms with Crippen LogP contribution in [0.3, 0.4) is 0 Å². The smallest absolute Gasteiger partial charge is 0.220 e. The maximum Gasteiger partial charge on any atom is 0.220 e. The molecule has 100 valence electrons. The number of hydrogen-bond donors (Lipinski definition) is 1. The Hall–Kier alpha value is -1.02. The summed E-state index contributed by atoms with van der Waals surface area (Å²) in [6.07, 6.45) is 2.55. The zero-order valence-electron chi connectivity index (χ0n) is 11.4. The number of rotatable bonds is 6. The van der Waals surface area contributed by atoms with E-state index in [-0.39, 0.29) is 11.9 Å². The molecule has 0 bridgehead atoms. The summed E-state index contributed by atoms with van der Waals surface area (Å²) in [5.74, 6) is 0.422. The molecule has 0 spiro atoms. The number of halogens is 1. The predicted molar refractivity (Wildman–Crippen MR) is 76.7 cm³/mol. The van der Waals surface area contributed by atoms with Crippen molar-refractivity contribution in [1.82, 2.24) is 5.32 Å². The van der Waals surface area contributed by atoms with Crippen molar-refractivity contribution in [1.29, 1.82) is 0 Å². The molecule has 0 aromatic heterocycles. The number of hydrogen-bond acceptors (Lipinski definition) is 1. The minimum atomic E-state index is -0.0111. The molecule has 0 saturated heterocycles. The van der Waals surface area contributed by atoms with Gasteiger partial charge < -0.3 is 5.32 Å². The SMILES string of the molecule is CCCCC(=O)NC(c1ccccc1Cl)C(C)C. The van der Waals surface area contributed by atoms with E-state index in [1.54, 1.807) is 0 Å². The molecule has 0 aliphatic carbocycles. The van der Waals surface area contributed by atoms with E-state index in [1.807, 2.05) is 24.3 Å². The van der Waals surface area contributed by atoms with Crippen LogP contribution >= 0.6 is 11.6 Å². The van der Waals surface area contributed by atoms with Crippen molar-refractivity contribution >= 4 is 17.5 Å². The first-order chi connectivity index (χ1) is 8.56. The third-order valence-corrected chi connectivity index (χ3v) is 3.33. The molecule has 0 saturated carbocycles. The van der Waals surface area contributed by atoms with E-state index in [1.165, 1.54) is 0 Å². The van der Waals surface area contributed by atoms with Gasteiger partial charge in [-0.3, -0.25) is 4.79 Å². The molecule has 18 heavy (non-hydrogen) atoms. The molecule has 1 aromatic carbocycles. The first kappa shape index (κ1) is 15.0. The molecule has 1 aromatic rings. The fourth-order valence-corrected chi connectivity index (χ4v) is 2.17. The largest absolute Gasteiger partial charge is 0.349 e. The van der Waals surface area contributed by atoms with Gasteiger partial charge in [-0.15, -0.1) is 0 Å². The molecule has 1 amide bonds. The van der Waals surface area contributed by atoms with Gasteiger partial charge in [0.25, 0.3) is 0 Å². The fraction of sp³-hybridized carbons (Fsp3) is 0.533. The summed E-state index contributed by atoms with van der Waals surface area (Å²) in [5, 5.41) is 3.80. The van der Waals surface area contributed by atoms with E-state index in [2.05, 4.69) is 26.1 Å². The molecule has 2 nitrogen and oxygen atoms in total. The van der Waals surface area contributed by atoms with Crippen LogP contribution in [0.25, 0.3) is 0 Å². The molecule has 0 aliphatic heterocycles. The van der Waals surface area contributed by atoms with Crippen LogP contribution in [0, 0.1) is 5.92 Å². The van der Waals surface area contributed by atoms with Crippen LogP contribution < -0.4 is 5.32 Å². The molecule has 0 radical (unpaired) electrons. The monoisotopic (exact) mass is 267 g/mol. The maximum absolute atomic E-state index is 11.8. The Morgan fingerprint density at radius 3 is 2.56 bits per heavy atom. The molecule has 1 atom stereocenters. The van der Waals surface area contributed by atoms with Crippen LogP contribution in [0.4, 0.5) is 0 Å². The standard InChI is InChI=1S/C15H22ClNO/c1-4-5-10-14(18)17-15(11(2)3)12-8-6-7-9-13(12)16/h6-9,11,15H,4-5,10H2,1-3H3,(H,17,18). The van der Waals surface area contributed by atoms with Crippen molar-refractivity contribution in [3.8, 4) is 0 Å². The van der Waals surface area contributed by atoms with Gasteiger partial charge in [-0.05, 0) is 24.0 Å². The number of carbonyl (C=O) groups is 1. The highest BCUT2D eigenvalue weighted by Crippen LogP contribution is 2.28. The number of benzene rings is 1. The Kier molecular flexibility index (Phi) is 6.20. The predicted octanol–water partition coefficient (Wildman–Crippen LogP) is 4.34. The van der Waals surface area contributed by atoms with Gasteiger partial charge in [0.05, 0.1) is 6.04 Å². The van der Waals surface area contributed by atoms with Crippen molar-refractivity contribution in [3.63, 3.8) is 0 Å². The van der Waals surface area contributed by atoms with Crippen LogP contribution in [-0.4, -0.2) is 5.91 Å². The highest BCUT2D eigenvalue weighted by Gasteiger charge is 2.19. The maximum atomic E-state index is 11.8. The van der Waals surface area contributed by atoms with Gasteiger partial charge in [0.1, 0.15) is 0 Å². The number of nitrogens with one attached hydrogen (secondary N) is 1. The Morgan fingerprint density at radius 2 is 2.00 bits per heavy atom. The summed E-state index contributed by atoms with van der Waals surface area (Å²) >= 11 is 6.20. The van der Waals surface area contributed by atoms with E-state index < -0.39 is 0 Å². The molecule has 0 fully saturated rings. The van der Waals surface area contributed by atoms with Gasteiger partial charge in [-0.1, -0.05) is 57.0 Å². The van der Waals surface area contributed by atoms with Gasteiger partial charge in [0.15, 0.2) is 0 Å². The average molecular weight is 268 g/mol. The van der Waals surface area contributed by atoms with Gasteiger partial charge >= 0.3 is 0 Å². The van der Waals surface area contributed by atoms with Crippen molar-refractivity contribution in [2.24, 2.45) is 5.92 Å². The summed E-state index contributed by atoms with van der Waals surface area (Å²) in [6, 6.07) is 7.69. The topological polar surface area (TPSA) is 29.1 Å². The first-order valence-corrected chi connectivity index (χ1v) is 6.97. The number of unbranched alkanes of at least 4 members (excludes halogenated alkanes) is 1. The first-order valence-electron chi connectivity index (χ1n) is 6.60. The van der Waals surface area contributed by atoms with Crippen LogP contribution in [0.1, 0.15) is 51.6 Å². The summed E-state index contributed by atoms with van der Waals surface area (Å²) in [5.41, 5.74) is 0.999. The highest BCUT2D eigenvalue weighted by atomic mass is 35.5. The van der Waals surface area contributed by atoms with E-state index in [0.29, 0.717) is 17.4 Å². The third-order valence-electron chi connectivity index (χ3n) is 2.98. The molecule has 0 heterocycles. The fourth-order valence-electron chi connectivity index (χ4n) is 1.91. The molecule has 0 aliphatic rings. The van der Waals surface area contributed by atoms with Gasteiger partial charge in [-0.25, -0.2) is 0 Å². The lowest BCUT2D eigenvalue weighted by molar-refractivity contribution is -0.122. The molecular weight excluding hydrogens is 246 g/mol. The second-order valence-electron chi connectivity index (χ2n) is 4.91. The quantitative estimate of drug-likeness (QED) is 0.816. The Morgan fingerprint density at radius 1 is 1.33 bits per heavy atom. The van der Waals surface area contributed by atoms with Gasteiger partial charge in [0, 0.05) is 11.4 Å². The second kappa shape index (κ2) is 7.42. The lowest BCUT2D eigenvalue weighted by Crippen LogP contribution is -2.31. The summed E-state index contributed by atoms with van der Waals surface area (Å²) in [7, 11) is 0. The van der Waals surface area contributed by atoms with E-state index in [9.17, 15) is 4.79 Å². The Labute approximate surface area is 115 Å². The molecule has 1 rings (SSSR count). The second-order valence-corrected chi connectivity index (χ2v) is 5.32. The van der Waals surface area contributed by atoms with E-state index in [0.717, 1.165) is 18.4 Å². The van der Waals surface area contributed by atoms with E-state index >= 15 is 0 Å². The van der Waals surface area contributed by atoms with Crippen molar-refractivity contribution in [2.45, 2.75) is 46.1 Å². The lowest BCUT2D eigenvalue weighted by atomic mass is 9.95. The molecule has 1 N–H and O–H groups in total. The van der Waals surface area contributed by atoms with E-state index in [4.69, 9.17) is 11.6 Å². The Balaban J connectivity index is 2.78. The zero-order valence-corrected chi connectivity index (χ0v) is 12.1. The molecule has 3 heteroatoms. The Bertz CT molecular complexity index is 390. The highest BCUT2D eigenvalue weighted by molar-refractivity contribution is 6.31. The van der Waals surface area contributed by atoms with Crippen LogP contribution in [-0.2, 0) is 4.79 Å². The van der Waals surface area contributed by atoms with Crippen molar-refractivity contribution in [3.05, 3.63) is 34.9 Å². The summed E-state index contributed by atoms with van der Waals surface area (Å²) in [6.45, 7) is 6.27. The third kappa shape index (κ3) is 4.34. The van der Waals surface area contributed by atoms with Crippen molar-refractivity contribution < 1.29 is 4.79 Å². The minimum absolute atomic E-state index is 0.0111. The summed E-state index contributed by atoms with van der Waals surface area (Å²) < 4.78 is 0. The van der Waals surface area contributed by atoms with Gasteiger partial charge in [0.2, 0.25) is 5.91 Å². The normalized spacial score (nSPS) is 12.5. The van der Waals surface area contributed by atoms with Crippen LogP contribution in [0.15, 0.2) is 24.3 Å². The molecular formula is C15H22ClNO. The minimum Gasteiger partial charge on any atom is -0.349 e. The molecule has 1 unspecified atom stereocenters. The number of amides is 1. The van der Waals surface area contributed by atoms with Crippen molar-refractivity contribution in [2.75, 3.05) is 0 Å². The average Bonchev–Trinajstić information content (AvgIpc) is 2.34. The van der Waals surface area contributed by atoms with Crippen LogP contribution in [0.2, 0.25) is 5.02 Å². The van der Waals surface area contributed by atoms with Gasteiger partial charge in [-0.2, -0.15) is 0 Å².